The molecule has 1 saturated heterocycles. The van der Waals surface area contributed by atoms with Crippen molar-refractivity contribution in [3.8, 4) is 0 Å². The summed E-state index contributed by atoms with van der Waals surface area (Å²) in [5.41, 5.74) is 13.9. The Bertz CT molecular complexity index is 785. The van der Waals surface area contributed by atoms with E-state index in [1.165, 1.54) is 42.6 Å². The highest BCUT2D eigenvalue weighted by Crippen LogP contribution is 2.55. The van der Waals surface area contributed by atoms with Gasteiger partial charge in [0.25, 0.3) is 0 Å². The van der Waals surface area contributed by atoms with E-state index in [9.17, 15) is 0 Å². The van der Waals surface area contributed by atoms with E-state index in [-0.39, 0.29) is 0 Å². The molecule has 1 fully saturated rings. The van der Waals surface area contributed by atoms with Crippen LogP contribution in [0.4, 0.5) is 0 Å². The second-order valence-electron chi connectivity index (χ2n) is 7.38. The lowest BCUT2D eigenvalue weighted by molar-refractivity contribution is 0.207. The molecular weight excluding hydrogens is 292 g/mol. The van der Waals surface area contributed by atoms with Crippen LogP contribution in [0.3, 0.4) is 0 Å². The van der Waals surface area contributed by atoms with Crippen molar-refractivity contribution >= 4 is 5.57 Å². The zero-order valence-corrected chi connectivity index (χ0v) is 14.0. The SMILES string of the molecule is NC[C@H]1c2ccccc2C2=C([C@@H]1c1ccccc1)N1CCC2CC1. The fourth-order valence-corrected chi connectivity index (χ4v) is 5.26. The van der Waals surface area contributed by atoms with Crippen LogP contribution in [0.25, 0.3) is 5.57 Å². The van der Waals surface area contributed by atoms with Gasteiger partial charge in [-0.25, -0.2) is 0 Å². The fraction of sp³-hybridized carbons (Fsp3) is 0.364. The van der Waals surface area contributed by atoms with Gasteiger partial charge in [0.15, 0.2) is 0 Å². The predicted octanol–water partition coefficient (Wildman–Crippen LogP) is 3.96. The molecule has 2 nitrogen and oxygen atoms in total. The average Bonchev–Trinajstić information content (AvgIpc) is 2.68. The molecule has 0 radical (unpaired) electrons. The van der Waals surface area contributed by atoms with E-state index in [1.54, 1.807) is 11.3 Å². The number of nitrogens with two attached hydrogens (primary N) is 1. The summed E-state index contributed by atoms with van der Waals surface area (Å²) in [5.74, 6) is 1.52. The number of allylic oxidation sites excluding steroid dienone is 2. The van der Waals surface area contributed by atoms with Crippen molar-refractivity contribution in [2.45, 2.75) is 24.7 Å². The van der Waals surface area contributed by atoms with Crippen molar-refractivity contribution in [1.82, 2.24) is 4.90 Å². The Hall–Kier alpha value is -2.06. The maximum absolute atomic E-state index is 6.32. The van der Waals surface area contributed by atoms with Gasteiger partial charge in [-0.05, 0) is 41.0 Å². The van der Waals surface area contributed by atoms with Crippen LogP contribution in [0.1, 0.15) is 41.4 Å². The highest BCUT2D eigenvalue weighted by Gasteiger charge is 2.44. The van der Waals surface area contributed by atoms with Crippen LogP contribution in [0.2, 0.25) is 0 Å². The van der Waals surface area contributed by atoms with Crippen molar-refractivity contribution in [1.29, 1.82) is 0 Å². The smallest absolute Gasteiger partial charge is 0.0323 e. The van der Waals surface area contributed by atoms with Gasteiger partial charge in [-0.15, -0.1) is 0 Å². The molecule has 2 aromatic carbocycles. The molecule has 1 aliphatic carbocycles. The summed E-state index contributed by atoms with van der Waals surface area (Å²) in [6, 6.07) is 20.0. The number of hydrogen-bond acceptors (Lipinski definition) is 2. The molecule has 3 heterocycles. The zero-order valence-electron chi connectivity index (χ0n) is 14.0. The normalized spacial score (nSPS) is 25.6. The van der Waals surface area contributed by atoms with E-state index in [1.807, 2.05) is 0 Å². The Balaban J connectivity index is 1.79. The second kappa shape index (κ2) is 5.49. The fourth-order valence-electron chi connectivity index (χ4n) is 5.26. The number of hydrogen-bond donors (Lipinski definition) is 1. The van der Waals surface area contributed by atoms with E-state index in [2.05, 4.69) is 59.5 Å². The summed E-state index contributed by atoms with van der Waals surface area (Å²) in [6.07, 6.45) is 2.62. The van der Waals surface area contributed by atoms with E-state index in [4.69, 9.17) is 5.73 Å². The molecule has 0 saturated carbocycles. The molecule has 2 bridgehead atoms. The summed E-state index contributed by atoms with van der Waals surface area (Å²) < 4.78 is 0. The van der Waals surface area contributed by atoms with Crippen LogP contribution >= 0.6 is 0 Å². The van der Waals surface area contributed by atoms with E-state index >= 15 is 0 Å². The highest BCUT2D eigenvalue weighted by molar-refractivity contribution is 5.78. The molecule has 4 aliphatic rings. The van der Waals surface area contributed by atoms with Crippen molar-refractivity contribution in [2.75, 3.05) is 19.6 Å². The quantitative estimate of drug-likeness (QED) is 0.908. The van der Waals surface area contributed by atoms with Crippen LogP contribution in [0.15, 0.2) is 60.3 Å². The van der Waals surface area contributed by atoms with Gasteiger partial charge < -0.3 is 10.6 Å². The first kappa shape index (κ1) is 14.3. The molecule has 24 heavy (non-hydrogen) atoms. The van der Waals surface area contributed by atoms with Gasteiger partial charge in [0.2, 0.25) is 0 Å². The van der Waals surface area contributed by atoms with Crippen LogP contribution in [0.5, 0.6) is 0 Å². The maximum Gasteiger partial charge on any atom is 0.0323 e. The van der Waals surface area contributed by atoms with Gasteiger partial charge in [-0.2, -0.15) is 0 Å². The number of rotatable bonds is 2. The van der Waals surface area contributed by atoms with Crippen molar-refractivity contribution in [3.63, 3.8) is 0 Å². The van der Waals surface area contributed by atoms with Gasteiger partial charge in [-0.1, -0.05) is 54.6 Å². The minimum atomic E-state index is 0.377. The third-order valence-electron chi connectivity index (χ3n) is 6.28. The Morgan fingerprint density at radius 2 is 1.62 bits per heavy atom. The number of piperidine rings is 1. The molecule has 0 unspecified atom stereocenters. The molecule has 2 heteroatoms. The van der Waals surface area contributed by atoms with Crippen molar-refractivity contribution < 1.29 is 0 Å². The lowest BCUT2D eigenvalue weighted by Crippen LogP contribution is -2.45. The molecular formula is C22H24N2. The molecule has 0 aromatic heterocycles. The Labute approximate surface area is 144 Å². The first-order valence-corrected chi connectivity index (χ1v) is 9.22. The van der Waals surface area contributed by atoms with Gasteiger partial charge in [0.1, 0.15) is 0 Å². The first-order valence-electron chi connectivity index (χ1n) is 9.22. The minimum Gasteiger partial charge on any atom is -0.374 e. The molecule has 2 N–H and O–H groups in total. The Morgan fingerprint density at radius 1 is 0.917 bits per heavy atom. The van der Waals surface area contributed by atoms with E-state index in [0.29, 0.717) is 18.4 Å². The lowest BCUT2D eigenvalue weighted by Gasteiger charge is -2.51. The third kappa shape index (κ3) is 1.93. The average molecular weight is 316 g/mol. The molecule has 3 aliphatic heterocycles. The maximum atomic E-state index is 6.32. The first-order chi connectivity index (χ1) is 11.9. The van der Waals surface area contributed by atoms with Crippen molar-refractivity contribution in [3.05, 3.63) is 77.0 Å². The number of fused-ring (bicyclic) bond motifs is 3. The molecule has 6 rings (SSSR count). The molecule has 0 spiro atoms. The lowest BCUT2D eigenvalue weighted by atomic mass is 9.65. The Kier molecular flexibility index (Phi) is 3.27. The van der Waals surface area contributed by atoms with Crippen LogP contribution in [-0.4, -0.2) is 24.5 Å². The van der Waals surface area contributed by atoms with Gasteiger partial charge in [0.05, 0.1) is 0 Å². The molecule has 122 valence electrons. The number of nitrogens with zero attached hydrogens (tertiary/aromatic N) is 1. The summed E-state index contributed by atoms with van der Waals surface area (Å²) in [6.45, 7) is 3.13. The molecule has 2 atom stereocenters. The van der Waals surface area contributed by atoms with Gasteiger partial charge >= 0.3 is 0 Å². The topological polar surface area (TPSA) is 29.3 Å². The van der Waals surface area contributed by atoms with E-state index < -0.39 is 0 Å². The summed E-state index contributed by atoms with van der Waals surface area (Å²) in [7, 11) is 0. The summed E-state index contributed by atoms with van der Waals surface area (Å²) >= 11 is 0. The molecule has 0 amide bonds. The van der Waals surface area contributed by atoms with E-state index in [0.717, 1.165) is 5.92 Å². The van der Waals surface area contributed by atoms with Crippen LogP contribution < -0.4 is 5.73 Å². The van der Waals surface area contributed by atoms with Gasteiger partial charge in [0, 0.05) is 37.2 Å². The monoisotopic (exact) mass is 316 g/mol. The van der Waals surface area contributed by atoms with Gasteiger partial charge in [-0.3, -0.25) is 0 Å². The minimum absolute atomic E-state index is 0.377. The molecule has 2 aromatic rings. The summed E-state index contributed by atoms with van der Waals surface area (Å²) in [4.78, 5) is 2.66. The zero-order chi connectivity index (χ0) is 16.1. The van der Waals surface area contributed by atoms with Crippen molar-refractivity contribution in [2.24, 2.45) is 11.7 Å². The second-order valence-corrected chi connectivity index (χ2v) is 7.38. The third-order valence-corrected chi connectivity index (χ3v) is 6.28. The predicted molar refractivity (Wildman–Crippen MR) is 98.6 cm³/mol. The summed E-state index contributed by atoms with van der Waals surface area (Å²) in [5, 5.41) is 0. The Morgan fingerprint density at radius 3 is 2.38 bits per heavy atom. The number of benzene rings is 2. The highest BCUT2D eigenvalue weighted by atomic mass is 15.2. The van der Waals surface area contributed by atoms with Crippen LogP contribution in [0, 0.1) is 5.92 Å². The largest absolute Gasteiger partial charge is 0.374 e. The standard InChI is InChI=1S/C22H24N2/c23-14-19-17-8-4-5-9-18(17)20-16-10-12-24(13-11-16)22(20)21(19)15-6-2-1-3-7-15/h1-9,16,19,21H,10-14,23H2/t19-,21+/m0/s1. The van der Waals surface area contributed by atoms with Crippen LogP contribution in [-0.2, 0) is 0 Å².